The predicted molar refractivity (Wildman–Crippen MR) is 50.4 cm³/mol. The molecule has 1 atom stereocenters. The van der Waals surface area contributed by atoms with Gasteiger partial charge < -0.3 is 19.5 Å². The summed E-state index contributed by atoms with van der Waals surface area (Å²) >= 11 is 0. The van der Waals surface area contributed by atoms with Crippen molar-refractivity contribution in [3.8, 4) is 0 Å². The lowest BCUT2D eigenvalue weighted by Gasteiger charge is -2.27. The van der Waals surface area contributed by atoms with Crippen LogP contribution in [0.4, 0.5) is 0 Å². The molecule has 1 aliphatic heterocycles. The summed E-state index contributed by atoms with van der Waals surface area (Å²) in [6.45, 7) is 2.84. The van der Waals surface area contributed by atoms with Gasteiger partial charge in [0.05, 0.1) is 19.8 Å². The third kappa shape index (κ3) is 3.49. The number of hydrogen-bond donors (Lipinski definition) is 1. The molecule has 6 nitrogen and oxygen atoms in total. The Morgan fingerprint density at radius 2 is 2.20 bits per heavy atom. The fraction of sp³-hybridized carbons (Fsp3) is 0.778. The number of carboxylic acid groups (broad SMARTS) is 1. The van der Waals surface area contributed by atoms with Crippen LogP contribution in [0.5, 0.6) is 0 Å². The van der Waals surface area contributed by atoms with Gasteiger partial charge in [-0.25, -0.2) is 0 Å². The molecule has 15 heavy (non-hydrogen) atoms. The SMILES string of the molecule is CCN(CC(=O)O)C(=O)C1COCCO1. The fourth-order valence-corrected chi connectivity index (χ4v) is 1.34. The van der Waals surface area contributed by atoms with E-state index in [-0.39, 0.29) is 19.1 Å². The minimum Gasteiger partial charge on any atom is -0.480 e. The molecule has 1 saturated heterocycles. The zero-order chi connectivity index (χ0) is 11.3. The minimum absolute atomic E-state index is 0.203. The number of ether oxygens (including phenoxy) is 2. The monoisotopic (exact) mass is 217 g/mol. The maximum atomic E-state index is 11.7. The van der Waals surface area contributed by atoms with Gasteiger partial charge in [-0.15, -0.1) is 0 Å². The lowest BCUT2D eigenvalue weighted by Crippen LogP contribution is -2.46. The van der Waals surface area contributed by atoms with Crippen molar-refractivity contribution in [3.05, 3.63) is 0 Å². The summed E-state index contributed by atoms with van der Waals surface area (Å²) < 4.78 is 10.3. The van der Waals surface area contributed by atoms with Gasteiger partial charge in [-0.2, -0.15) is 0 Å². The number of rotatable bonds is 4. The molecule has 0 aromatic heterocycles. The van der Waals surface area contributed by atoms with E-state index in [2.05, 4.69) is 0 Å². The Morgan fingerprint density at radius 3 is 2.67 bits per heavy atom. The first-order valence-electron chi connectivity index (χ1n) is 4.85. The van der Waals surface area contributed by atoms with E-state index < -0.39 is 12.1 Å². The Morgan fingerprint density at radius 1 is 1.47 bits per heavy atom. The van der Waals surface area contributed by atoms with Gasteiger partial charge in [0.25, 0.3) is 5.91 Å². The smallest absolute Gasteiger partial charge is 0.323 e. The van der Waals surface area contributed by atoms with Crippen molar-refractivity contribution >= 4 is 11.9 Å². The van der Waals surface area contributed by atoms with E-state index in [0.29, 0.717) is 19.8 Å². The quantitative estimate of drug-likeness (QED) is 0.676. The highest BCUT2D eigenvalue weighted by atomic mass is 16.6. The standard InChI is InChI=1S/C9H15NO5/c1-2-10(5-8(11)12)9(13)7-6-14-3-4-15-7/h7H,2-6H2,1H3,(H,11,12). The summed E-state index contributed by atoms with van der Waals surface area (Å²) in [5, 5.41) is 8.60. The van der Waals surface area contributed by atoms with Gasteiger partial charge in [0.1, 0.15) is 6.54 Å². The molecular formula is C9H15NO5. The van der Waals surface area contributed by atoms with Crippen molar-refractivity contribution in [2.75, 3.05) is 32.9 Å². The summed E-state index contributed by atoms with van der Waals surface area (Å²) in [5.41, 5.74) is 0. The number of nitrogens with zero attached hydrogens (tertiary/aromatic N) is 1. The van der Waals surface area contributed by atoms with Gasteiger partial charge in [-0.05, 0) is 6.92 Å². The maximum absolute atomic E-state index is 11.7. The first-order valence-corrected chi connectivity index (χ1v) is 4.85. The molecule has 1 N–H and O–H groups in total. The predicted octanol–water partition coefficient (Wildman–Crippen LogP) is -0.665. The van der Waals surface area contributed by atoms with Gasteiger partial charge >= 0.3 is 5.97 Å². The van der Waals surface area contributed by atoms with E-state index in [1.54, 1.807) is 6.92 Å². The van der Waals surface area contributed by atoms with Crippen molar-refractivity contribution < 1.29 is 24.2 Å². The summed E-state index contributed by atoms with van der Waals surface area (Å²) in [4.78, 5) is 23.5. The Balaban J connectivity index is 2.50. The molecule has 0 bridgehead atoms. The minimum atomic E-state index is -1.03. The van der Waals surface area contributed by atoms with Crippen LogP contribution >= 0.6 is 0 Å². The van der Waals surface area contributed by atoms with Crippen molar-refractivity contribution in [3.63, 3.8) is 0 Å². The molecule has 0 saturated carbocycles. The van der Waals surface area contributed by atoms with Crippen molar-refractivity contribution in [2.24, 2.45) is 0 Å². The number of hydrogen-bond acceptors (Lipinski definition) is 4. The van der Waals surface area contributed by atoms with Crippen molar-refractivity contribution in [1.82, 2.24) is 4.90 Å². The zero-order valence-corrected chi connectivity index (χ0v) is 8.64. The Labute approximate surface area is 87.8 Å². The average Bonchev–Trinajstić information content (AvgIpc) is 2.26. The molecule has 1 aliphatic rings. The molecule has 6 heteroatoms. The molecule has 0 radical (unpaired) electrons. The number of likely N-dealkylation sites (N-methyl/N-ethyl adjacent to an activating group) is 1. The van der Waals surface area contributed by atoms with E-state index >= 15 is 0 Å². The van der Waals surface area contributed by atoms with Crippen LogP contribution in [0.15, 0.2) is 0 Å². The summed E-state index contributed by atoms with van der Waals surface area (Å²) in [6.07, 6.45) is -0.655. The number of amides is 1. The molecule has 1 fully saturated rings. The van der Waals surface area contributed by atoms with Crippen LogP contribution in [0.1, 0.15) is 6.92 Å². The van der Waals surface area contributed by atoms with E-state index in [4.69, 9.17) is 14.6 Å². The highest BCUT2D eigenvalue weighted by molar-refractivity contribution is 5.84. The van der Waals surface area contributed by atoms with Crippen LogP contribution in [-0.2, 0) is 19.1 Å². The summed E-state index contributed by atoms with van der Waals surface area (Å²) in [6, 6.07) is 0. The Bertz CT molecular complexity index is 237. The number of carbonyl (C=O) groups excluding carboxylic acids is 1. The highest BCUT2D eigenvalue weighted by Gasteiger charge is 2.27. The third-order valence-corrected chi connectivity index (χ3v) is 2.11. The molecule has 1 heterocycles. The maximum Gasteiger partial charge on any atom is 0.323 e. The van der Waals surface area contributed by atoms with Crippen molar-refractivity contribution in [1.29, 1.82) is 0 Å². The zero-order valence-electron chi connectivity index (χ0n) is 8.64. The van der Waals surface area contributed by atoms with E-state index in [1.807, 2.05) is 0 Å². The van der Waals surface area contributed by atoms with Crippen LogP contribution in [0.25, 0.3) is 0 Å². The molecule has 1 rings (SSSR count). The topological polar surface area (TPSA) is 76.1 Å². The second-order valence-corrected chi connectivity index (χ2v) is 3.18. The second kappa shape index (κ2) is 5.67. The van der Waals surface area contributed by atoms with Crippen molar-refractivity contribution in [2.45, 2.75) is 13.0 Å². The van der Waals surface area contributed by atoms with E-state index in [0.717, 1.165) is 0 Å². The van der Waals surface area contributed by atoms with Crippen LogP contribution in [0.2, 0.25) is 0 Å². The fourth-order valence-electron chi connectivity index (χ4n) is 1.34. The van der Waals surface area contributed by atoms with E-state index in [1.165, 1.54) is 4.90 Å². The molecule has 1 amide bonds. The largest absolute Gasteiger partial charge is 0.480 e. The molecule has 0 aromatic carbocycles. The molecule has 0 aliphatic carbocycles. The number of carboxylic acids is 1. The van der Waals surface area contributed by atoms with Crippen LogP contribution < -0.4 is 0 Å². The first-order chi connectivity index (χ1) is 7.15. The van der Waals surface area contributed by atoms with Gasteiger partial charge in [0.2, 0.25) is 0 Å². The van der Waals surface area contributed by atoms with Gasteiger partial charge in [0.15, 0.2) is 6.10 Å². The lowest BCUT2D eigenvalue weighted by molar-refractivity contribution is -0.161. The van der Waals surface area contributed by atoms with Crippen LogP contribution in [-0.4, -0.2) is 60.9 Å². The molecule has 0 aromatic rings. The van der Waals surface area contributed by atoms with E-state index in [9.17, 15) is 9.59 Å². The first kappa shape index (κ1) is 11.9. The molecule has 86 valence electrons. The van der Waals surface area contributed by atoms with Gasteiger partial charge in [-0.3, -0.25) is 9.59 Å². The number of carbonyl (C=O) groups is 2. The molecule has 1 unspecified atom stereocenters. The molecular weight excluding hydrogens is 202 g/mol. The lowest BCUT2D eigenvalue weighted by atomic mass is 10.3. The summed E-state index contributed by atoms with van der Waals surface area (Å²) in [7, 11) is 0. The third-order valence-electron chi connectivity index (χ3n) is 2.11. The van der Waals surface area contributed by atoms with Gasteiger partial charge in [-0.1, -0.05) is 0 Å². The van der Waals surface area contributed by atoms with Crippen LogP contribution in [0.3, 0.4) is 0 Å². The Hall–Kier alpha value is -1.14. The number of aliphatic carboxylic acids is 1. The highest BCUT2D eigenvalue weighted by Crippen LogP contribution is 2.05. The Kier molecular flexibility index (Phi) is 4.51. The normalized spacial score (nSPS) is 21.0. The summed E-state index contributed by atoms with van der Waals surface area (Å²) in [5.74, 6) is -1.35. The van der Waals surface area contributed by atoms with Crippen LogP contribution in [0, 0.1) is 0 Å². The molecule has 0 spiro atoms. The van der Waals surface area contributed by atoms with Gasteiger partial charge in [0, 0.05) is 6.54 Å². The second-order valence-electron chi connectivity index (χ2n) is 3.18. The average molecular weight is 217 g/mol.